The molecule has 1 fully saturated rings. The van der Waals surface area contributed by atoms with Crippen LogP contribution in [0.4, 0.5) is 0 Å². The van der Waals surface area contributed by atoms with Gasteiger partial charge in [-0.1, -0.05) is 18.6 Å². The Morgan fingerprint density at radius 2 is 2.30 bits per heavy atom. The van der Waals surface area contributed by atoms with Crippen molar-refractivity contribution in [1.82, 2.24) is 5.32 Å². The molecular formula is C16H24N2O2. The summed E-state index contributed by atoms with van der Waals surface area (Å²) >= 11 is 0. The largest absolute Gasteiger partial charge is 0.492 e. The number of nitrogens with two attached hydrogens (primary N) is 1. The quantitative estimate of drug-likeness (QED) is 0.780. The fraction of sp³-hybridized carbons (Fsp3) is 0.562. The molecule has 0 radical (unpaired) electrons. The number of carbonyl (C=O) groups is 1. The molecule has 2 rings (SSSR count). The van der Waals surface area contributed by atoms with Crippen molar-refractivity contribution in [3.05, 3.63) is 29.8 Å². The highest BCUT2D eigenvalue weighted by Crippen LogP contribution is 2.30. The molecule has 0 unspecified atom stereocenters. The Kier molecular flexibility index (Phi) is 5.41. The number of rotatable bonds is 6. The van der Waals surface area contributed by atoms with Crippen LogP contribution in [-0.4, -0.2) is 25.6 Å². The fourth-order valence-electron chi connectivity index (χ4n) is 2.84. The van der Waals surface area contributed by atoms with E-state index in [4.69, 9.17) is 10.5 Å². The van der Waals surface area contributed by atoms with E-state index in [1.54, 1.807) is 0 Å². The Morgan fingerprint density at radius 1 is 1.45 bits per heavy atom. The highest BCUT2D eigenvalue weighted by atomic mass is 16.5. The van der Waals surface area contributed by atoms with E-state index in [-0.39, 0.29) is 11.8 Å². The predicted molar refractivity (Wildman–Crippen MR) is 79.6 cm³/mol. The molecule has 2 atom stereocenters. The zero-order chi connectivity index (χ0) is 14.4. The number of amides is 1. The van der Waals surface area contributed by atoms with Gasteiger partial charge in [0, 0.05) is 5.92 Å². The molecule has 0 saturated heterocycles. The lowest BCUT2D eigenvalue weighted by atomic mass is 9.95. The van der Waals surface area contributed by atoms with E-state index in [0.717, 1.165) is 25.0 Å². The maximum atomic E-state index is 12.1. The van der Waals surface area contributed by atoms with E-state index < -0.39 is 0 Å². The highest BCUT2D eigenvalue weighted by molar-refractivity contribution is 5.79. The topological polar surface area (TPSA) is 64.3 Å². The van der Waals surface area contributed by atoms with Gasteiger partial charge in [0.2, 0.25) is 5.91 Å². The molecule has 1 aliphatic carbocycles. The third kappa shape index (κ3) is 3.97. The normalized spacial score (nSPS) is 21.7. The van der Waals surface area contributed by atoms with Crippen molar-refractivity contribution < 1.29 is 9.53 Å². The standard InChI is InChI=1S/C16H24N2O2/c1-12-4-2-6-14(10-12)20-9-8-18-16(19)15-7-3-5-13(15)11-17/h2,4,6,10,13,15H,3,5,7-9,11,17H2,1H3,(H,18,19)/t13-,15-/m1/s1. The number of ether oxygens (including phenoxy) is 1. The van der Waals surface area contributed by atoms with Crippen molar-refractivity contribution in [1.29, 1.82) is 0 Å². The first-order valence-electron chi connectivity index (χ1n) is 7.38. The number of nitrogens with one attached hydrogen (secondary N) is 1. The minimum Gasteiger partial charge on any atom is -0.492 e. The van der Waals surface area contributed by atoms with Crippen LogP contribution in [0.5, 0.6) is 5.75 Å². The Balaban J connectivity index is 1.69. The summed E-state index contributed by atoms with van der Waals surface area (Å²) in [7, 11) is 0. The monoisotopic (exact) mass is 276 g/mol. The molecule has 1 amide bonds. The smallest absolute Gasteiger partial charge is 0.223 e. The van der Waals surface area contributed by atoms with E-state index >= 15 is 0 Å². The third-order valence-corrected chi connectivity index (χ3v) is 3.96. The molecule has 0 heterocycles. The van der Waals surface area contributed by atoms with Crippen LogP contribution in [0.15, 0.2) is 24.3 Å². The summed E-state index contributed by atoms with van der Waals surface area (Å²) in [5, 5.41) is 2.95. The molecule has 1 aliphatic rings. The minimum atomic E-state index is 0.0963. The van der Waals surface area contributed by atoms with Gasteiger partial charge in [0.15, 0.2) is 0 Å². The van der Waals surface area contributed by atoms with E-state index in [9.17, 15) is 4.79 Å². The van der Waals surface area contributed by atoms with Crippen molar-refractivity contribution in [3.63, 3.8) is 0 Å². The molecule has 1 saturated carbocycles. The molecule has 1 aromatic rings. The molecule has 20 heavy (non-hydrogen) atoms. The summed E-state index contributed by atoms with van der Waals surface area (Å²) in [6, 6.07) is 7.91. The lowest BCUT2D eigenvalue weighted by Gasteiger charge is -2.17. The van der Waals surface area contributed by atoms with Gasteiger partial charge in [0.25, 0.3) is 0 Å². The summed E-state index contributed by atoms with van der Waals surface area (Å²) < 4.78 is 5.61. The van der Waals surface area contributed by atoms with Crippen LogP contribution in [0.25, 0.3) is 0 Å². The van der Waals surface area contributed by atoms with Gasteiger partial charge in [-0.15, -0.1) is 0 Å². The van der Waals surface area contributed by atoms with Crippen LogP contribution in [0.1, 0.15) is 24.8 Å². The summed E-state index contributed by atoms with van der Waals surface area (Å²) in [6.07, 6.45) is 3.15. The zero-order valence-electron chi connectivity index (χ0n) is 12.1. The fourth-order valence-corrected chi connectivity index (χ4v) is 2.84. The minimum absolute atomic E-state index is 0.0963. The highest BCUT2D eigenvalue weighted by Gasteiger charge is 2.31. The van der Waals surface area contributed by atoms with Gasteiger partial charge in [0.05, 0.1) is 6.54 Å². The summed E-state index contributed by atoms with van der Waals surface area (Å²) in [6.45, 7) is 3.68. The second-order valence-electron chi connectivity index (χ2n) is 5.49. The van der Waals surface area contributed by atoms with Crippen molar-refractivity contribution in [2.75, 3.05) is 19.7 Å². The lowest BCUT2D eigenvalue weighted by Crippen LogP contribution is -2.37. The maximum absolute atomic E-state index is 12.1. The van der Waals surface area contributed by atoms with Crippen LogP contribution < -0.4 is 15.8 Å². The Bertz CT molecular complexity index is 448. The summed E-state index contributed by atoms with van der Waals surface area (Å²) in [5.74, 6) is 1.43. The van der Waals surface area contributed by atoms with Crippen LogP contribution in [0.3, 0.4) is 0 Å². The van der Waals surface area contributed by atoms with E-state index in [2.05, 4.69) is 5.32 Å². The number of carbonyl (C=O) groups excluding carboxylic acids is 1. The first-order valence-corrected chi connectivity index (χ1v) is 7.38. The number of hydrogen-bond donors (Lipinski definition) is 2. The van der Waals surface area contributed by atoms with Gasteiger partial charge >= 0.3 is 0 Å². The van der Waals surface area contributed by atoms with Crippen LogP contribution in [0, 0.1) is 18.8 Å². The lowest BCUT2D eigenvalue weighted by molar-refractivity contribution is -0.126. The van der Waals surface area contributed by atoms with E-state index in [1.807, 2.05) is 31.2 Å². The van der Waals surface area contributed by atoms with E-state index in [0.29, 0.717) is 25.6 Å². The van der Waals surface area contributed by atoms with Crippen molar-refractivity contribution in [2.45, 2.75) is 26.2 Å². The Morgan fingerprint density at radius 3 is 3.05 bits per heavy atom. The molecule has 4 heteroatoms. The second kappa shape index (κ2) is 7.29. The molecule has 0 spiro atoms. The predicted octanol–water partition coefficient (Wildman–Crippen LogP) is 1.87. The first-order chi connectivity index (χ1) is 9.70. The molecule has 1 aromatic carbocycles. The Labute approximate surface area is 120 Å². The van der Waals surface area contributed by atoms with Crippen molar-refractivity contribution >= 4 is 5.91 Å². The van der Waals surface area contributed by atoms with Gasteiger partial charge in [-0.3, -0.25) is 4.79 Å². The second-order valence-corrected chi connectivity index (χ2v) is 5.49. The zero-order valence-corrected chi connectivity index (χ0v) is 12.1. The number of benzene rings is 1. The van der Waals surface area contributed by atoms with Crippen molar-refractivity contribution in [3.8, 4) is 5.75 Å². The summed E-state index contributed by atoms with van der Waals surface area (Å²) in [5.41, 5.74) is 6.87. The summed E-state index contributed by atoms with van der Waals surface area (Å²) in [4.78, 5) is 12.1. The van der Waals surface area contributed by atoms with Gasteiger partial charge in [-0.05, 0) is 49.9 Å². The average molecular weight is 276 g/mol. The van der Waals surface area contributed by atoms with Gasteiger partial charge in [-0.2, -0.15) is 0 Å². The molecule has 4 nitrogen and oxygen atoms in total. The molecule has 3 N–H and O–H groups in total. The van der Waals surface area contributed by atoms with Gasteiger partial charge in [-0.25, -0.2) is 0 Å². The third-order valence-electron chi connectivity index (χ3n) is 3.96. The van der Waals surface area contributed by atoms with Crippen LogP contribution in [0.2, 0.25) is 0 Å². The van der Waals surface area contributed by atoms with Crippen molar-refractivity contribution in [2.24, 2.45) is 17.6 Å². The molecular weight excluding hydrogens is 252 g/mol. The maximum Gasteiger partial charge on any atom is 0.223 e. The first kappa shape index (κ1) is 14.9. The number of hydrogen-bond acceptors (Lipinski definition) is 3. The van der Waals surface area contributed by atoms with Gasteiger partial charge < -0.3 is 15.8 Å². The average Bonchev–Trinajstić information content (AvgIpc) is 2.92. The number of aryl methyl sites for hydroxylation is 1. The van der Waals surface area contributed by atoms with E-state index in [1.165, 1.54) is 5.56 Å². The van der Waals surface area contributed by atoms with Gasteiger partial charge in [0.1, 0.15) is 12.4 Å². The molecule has 0 bridgehead atoms. The molecule has 110 valence electrons. The van der Waals surface area contributed by atoms with Crippen LogP contribution in [-0.2, 0) is 4.79 Å². The van der Waals surface area contributed by atoms with Crippen LogP contribution >= 0.6 is 0 Å². The molecule has 0 aromatic heterocycles. The SMILES string of the molecule is Cc1cccc(OCCNC(=O)[C@@H]2CCC[C@@H]2CN)c1. The Hall–Kier alpha value is -1.55. The molecule has 0 aliphatic heterocycles.